The van der Waals surface area contributed by atoms with Crippen molar-refractivity contribution in [3.05, 3.63) is 37.4 Å². The van der Waals surface area contributed by atoms with Crippen LogP contribution in [0.25, 0.3) is 0 Å². The molecule has 0 aliphatic heterocycles. The van der Waals surface area contributed by atoms with Crippen LogP contribution in [0.1, 0.15) is 13.8 Å². The maximum Gasteiger partial charge on any atom is 0.243 e. The lowest BCUT2D eigenvalue weighted by Crippen LogP contribution is -2.23. The molecular formula is C12H22N4+2. The number of nitrogens with zero attached hydrogens (tertiary/aromatic N) is 4. The second-order valence-corrected chi connectivity index (χ2v) is 3.82. The Balaban J connectivity index is 0.000000160. The molecule has 0 radical (unpaired) electrons. The average Bonchev–Trinajstić information content (AvgIpc) is 2.88. The zero-order valence-corrected chi connectivity index (χ0v) is 10.7. The Morgan fingerprint density at radius 1 is 0.812 bits per heavy atom. The molecule has 0 spiro atoms. The Bertz CT molecular complexity index is 374. The highest BCUT2D eigenvalue weighted by atomic mass is 15.1. The van der Waals surface area contributed by atoms with Crippen LogP contribution in [-0.2, 0) is 27.2 Å². The third-order valence-corrected chi connectivity index (χ3v) is 2.38. The van der Waals surface area contributed by atoms with Gasteiger partial charge in [-0.1, -0.05) is 0 Å². The third kappa shape index (κ3) is 3.88. The van der Waals surface area contributed by atoms with E-state index < -0.39 is 0 Å². The minimum absolute atomic E-state index is 1.06. The second-order valence-electron chi connectivity index (χ2n) is 3.82. The van der Waals surface area contributed by atoms with Crippen LogP contribution in [0.15, 0.2) is 37.4 Å². The van der Waals surface area contributed by atoms with Crippen molar-refractivity contribution in [2.24, 2.45) is 14.1 Å². The normalized spacial score (nSPS) is 9.75. The van der Waals surface area contributed by atoms with Gasteiger partial charge in [0.05, 0.1) is 27.2 Å². The maximum absolute atomic E-state index is 2.12. The first-order chi connectivity index (χ1) is 7.65. The van der Waals surface area contributed by atoms with E-state index in [4.69, 9.17) is 0 Å². The number of rotatable bonds is 2. The van der Waals surface area contributed by atoms with Crippen LogP contribution in [0.3, 0.4) is 0 Å². The van der Waals surface area contributed by atoms with E-state index in [1.54, 1.807) is 0 Å². The van der Waals surface area contributed by atoms with Gasteiger partial charge in [-0.05, 0) is 13.8 Å². The highest BCUT2D eigenvalue weighted by Crippen LogP contribution is 1.79. The Hall–Kier alpha value is -1.58. The molecule has 0 unspecified atom stereocenters. The average molecular weight is 222 g/mol. The van der Waals surface area contributed by atoms with Crippen LogP contribution in [-0.4, -0.2) is 9.13 Å². The van der Waals surface area contributed by atoms with E-state index in [1.165, 1.54) is 0 Å². The van der Waals surface area contributed by atoms with E-state index in [0.29, 0.717) is 0 Å². The van der Waals surface area contributed by atoms with Crippen LogP contribution in [0.5, 0.6) is 0 Å². The van der Waals surface area contributed by atoms with Crippen molar-refractivity contribution in [1.29, 1.82) is 0 Å². The summed E-state index contributed by atoms with van der Waals surface area (Å²) in [5.41, 5.74) is 0. The SMILES string of the molecule is CCn1cc[n+](C)c1.CCn1cc[n+](C)c1. The largest absolute Gasteiger partial charge is 0.243 e. The standard InChI is InChI=1S/2C6H11N2/c2*1-3-8-5-4-7(2)6-8/h2*4-6H,3H2,1-2H3/q2*+1. The quantitative estimate of drug-likeness (QED) is 0.665. The molecule has 0 bridgehead atoms. The molecule has 2 aromatic rings. The molecule has 0 saturated heterocycles. The summed E-state index contributed by atoms with van der Waals surface area (Å²) < 4.78 is 8.31. The van der Waals surface area contributed by atoms with Crippen LogP contribution in [0.4, 0.5) is 0 Å². The molecule has 88 valence electrons. The van der Waals surface area contributed by atoms with E-state index in [2.05, 4.69) is 48.0 Å². The fraction of sp³-hybridized carbons (Fsp3) is 0.500. The monoisotopic (exact) mass is 222 g/mol. The molecular weight excluding hydrogens is 200 g/mol. The second kappa shape index (κ2) is 6.10. The molecule has 0 fully saturated rings. The molecule has 0 aliphatic carbocycles. The Kier molecular flexibility index (Phi) is 4.76. The van der Waals surface area contributed by atoms with Gasteiger partial charge < -0.3 is 0 Å². The van der Waals surface area contributed by atoms with Crippen molar-refractivity contribution < 1.29 is 9.13 Å². The molecule has 4 heteroatoms. The van der Waals surface area contributed by atoms with Crippen molar-refractivity contribution in [2.75, 3.05) is 0 Å². The van der Waals surface area contributed by atoms with Gasteiger partial charge in [-0.25, -0.2) is 18.3 Å². The van der Waals surface area contributed by atoms with Crippen molar-refractivity contribution in [3.63, 3.8) is 0 Å². The van der Waals surface area contributed by atoms with E-state index in [9.17, 15) is 0 Å². The van der Waals surface area contributed by atoms with E-state index in [-0.39, 0.29) is 0 Å². The smallest absolute Gasteiger partial charge is 0.240 e. The maximum atomic E-state index is 2.12. The van der Waals surface area contributed by atoms with E-state index >= 15 is 0 Å². The molecule has 0 amide bonds. The van der Waals surface area contributed by atoms with Crippen LogP contribution in [0, 0.1) is 0 Å². The van der Waals surface area contributed by atoms with Crippen LogP contribution >= 0.6 is 0 Å². The van der Waals surface area contributed by atoms with Gasteiger partial charge in [0.1, 0.15) is 24.8 Å². The van der Waals surface area contributed by atoms with Gasteiger partial charge in [0.15, 0.2) is 0 Å². The number of hydrogen-bond donors (Lipinski definition) is 0. The Morgan fingerprint density at radius 3 is 1.31 bits per heavy atom. The first kappa shape index (κ1) is 12.5. The topological polar surface area (TPSA) is 17.6 Å². The summed E-state index contributed by atoms with van der Waals surface area (Å²) in [6, 6.07) is 0. The van der Waals surface area contributed by atoms with Gasteiger partial charge in [-0.2, -0.15) is 0 Å². The van der Waals surface area contributed by atoms with Crippen molar-refractivity contribution >= 4 is 0 Å². The van der Waals surface area contributed by atoms with Crippen molar-refractivity contribution in [3.8, 4) is 0 Å². The Labute approximate surface area is 97.4 Å². The first-order valence-corrected chi connectivity index (χ1v) is 5.67. The molecule has 0 aliphatic rings. The van der Waals surface area contributed by atoms with Gasteiger partial charge in [0, 0.05) is 0 Å². The summed E-state index contributed by atoms with van der Waals surface area (Å²) in [6.45, 7) is 6.36. The predicted molar refractivity (Wildman–Crippen MR) is 62.6 cm³/mol. The number of aromatic nitrogens is 4. The molecule has 16 heavy (non-hydrogen) atoms. The van der Waals surface area contributed by atoms with Gasteiger partial charge in [0.25, 0.3) is 0 Å². The highest BCUT2D eigenvalue weighted by molar-refractivity contribution is 4.64. The lowest BCUT2D eigenvalue weighted by Gasteiger charge is -1.81. The minimum atomic E-state index is 1.06. The molecule has 0 aromatic carbocycles. The van der Waals surface area contributed by atoms with Gasteiger partial charge in [-0.15, -0.1) is 0 Å². The fourth-order valence-corrected chi connectivity index (χ4v) is 1.38. The van der Waals surface area contributed by atoms with E-state index in [0.717, 1.165) is 13.1 Å². The first-order valence-electron chi connectivity index (χ1n) is 5.67. The molecule has 0 N–H and O–H groups in total. The zero-order valence-electron chi connectivity index (χ0n) is 10.7. The Morgan fingerprint density at radius 2 is 1.19 bits per heavy atom. The van der Waals surface area contributed by atoms with Gasteiger partial charge in [0.2, 0.25) is 12.7 Å². The van der Waals surface area contributed by atoms with Gasteiger partial charge >= 0.3 is 0 Å². The summed E-state index contributed by atoms with van der Waals surface area (Å²) in [5, 5.41) is 0. The van der Waals surface area contributed by atoms with Crippen LogP contribution < -0.4 is 9.13 Å². The zero-order chi connectivity index (χ0) is 12.0. The van der Waals surface area contributed by atoms with Gasteiger partial charge in [-0.3, -0.25) is 0 Å². The third-order valence-electron chi connectivity index (χ3n) is 2.38. The highest BCUT2D eigenvalue weighted by Gasteiger charge is 1.92. The van der Waals surface area contributed by atoms with Crippen molar-refractivity contribution in [1.82, 2.24) is 9.13 Å². The minimum Gasteiger partial charge on any atom is -0.240 e. The lowest BCUT2D eigenvalue weighted by atomic mass is 10.7. The predicted octanol–water partition coefficient (Wildman–Crippen LogP) is 0.665. The van der Waals surface area contributed by atoms with Crippen LogP contribution in [0.2, 0.25) is 0 Å². The summed E-state index contributed by atoms with van der Waals surface area (Å²) in [7, 11) is 4.04. The number of hydrogen-bond acceptors (Lipinski definition) is 0. The van der Waals surface area contributed by atoms with Crippen molar-refractivity contribution in [2.45, 2.75) is 26.9 Å². The van der Waals surface area contributed by atoms with E-state index in [1.807, 2.05) is 35.6 Å². The number of aryl methyl sites for hydroxylation is 4. The summed E-state index contributed by atoms with van der Waals surface area (Å²) in [5.74, 6) is 0. The molecule has 2 aromatic heterocycles. The lowest BCUT2D eigenvalue weighted by molar-refractivity contribution is -0.671. The molecule has 0 atom stereocenters. The molecule has 0 saturated carbocycles. The fourth-order valence-electron chi connectivity index (χ4n) is 1.38. The summed E-state index contributed by atoms with van der Waals surface area (Å²) >= 11 is 0. The molecule has 2 rings (SSSR count). The summed E-state index contributed by atoms with van der Waals surface area (Å²) in [6.07, 6.45) is 12.3. The number of imidazole rings is 2. The summed E-state index contributed by atoms with van der Waals surface area (Å²) in [4.78, 5) is 0. The molecule has 2 heterocycles. The molecule has 4 nitrogen and oxygen atoms in total.